The Morgan fingerprint density at radius 3 is 2.93 bits per heavy atom. The number of hydrogen-bond donors (Lipinski definition) is 1. The van der Waals surface area contributed by atoms with Crippen LogP contribution in [0.3, 0.4) is 0 Å². The maximum atomic E-state index is 4.40. The van der Waals surface area contributed by atoms with Crippen LogP contribution in [-0.2, 0) is 0 Å². The summed E-state index contributed by atoms with van der Waals surface area (Å²) in [6, 6.07) is 0. The van der Waals surface area contributed by atoms with E-state index in [1.54, 1.807) is 0 Å². The molecule has 1 fully saturated rings. The summed E-state index contributed by atoms with van der Waals surface area (Å²) in [6.07, 6.45) is 1.18. The van der Waals surface area contributed by atoms with Crippen LogP contribution >= 0.6 is 23.5 Å². The summed E-state index contributed by atoms with van der Waals surface area (Å²) in [6.45, 7) is 6.39. The Morgan fingerprint density at radius 1 is 1.40 bits per heavy atom. The summed E-state index contributed by atoms with van der Waals surface area (Å²) in [5.74, 6) is 2.23. The molecule has 1 aliphatic heterocycles. The van der Waals surface area contributed by atoms with Crippen molar-refractivity contribution in [2.75, 3.05) is 36.8 Å². The molecule has 0 unspecified atom stereocenters. The van der Waals surface area contributed by atoms with Gasteiger partial charge in [-0.25, -0.2) is 0 Å². The number of piperazine rings is 1. The van der Waals surface area contributed by atoms with Gasteiger partial charge in [0.2, 0.25) is 0 Å². The molecule has 0 bridgehead atoms. The Morgan fingerprint density at radius 2 is 2.20 bits per heavy atom. The Bertz CT molecular complexity index is 296. The summed E-state index contributed by atoms with van der Waals surface area (Å²) in [7, 11) is 0. The zero-order chi connectivity index (χ0) is 10.5. The van der Waals surface area contributed by atoms with Crippen LogP contribution in [0.15, 0.2) is 5.03 Å². The fourth-order valence-electron chi connectivity index (χ4n) is 1.54. The zero-order valence-corrected chi connectivity index (χ0v) is 10.5. The standard InChI is InChI=1S/C9H16N4S2/c1-2-7-14-9-8(11-15-12-9)13-5-3-10-4-6-13/h10H,2-7H2,1H3. The van der Waals surface area contributed by atoms with Crippen molar-refractivity contribution in [1.29, 1.82) is 0 Å². The lowest BCUT2D eigenvalue weighted by atomic mass is 10.4. The van der Waals surface area contributed by atoms with Crippen LogP contribution in [0.25, 0.3) is 0 Å². The van der Waals surface area contributed by atoms with Gasteiger partial charge >= 0.3 is 0 Å². The predicted octanol–water partition coefficient (Wildman–Crippen LogP) is 1.45. The Labute approximate surface area is 98.8 Å². The molecule has 6 heteroatoms. The van der Waals surface area contributed by atoms with E-state index in [0.29, 0.717) is 0 Å². The van der Waals surface area contributed by atoms with Gasteiger partial charge in [-0.15, -0.1) is 11.8 Å². The van der Waals surface area contributed by atoms with Gasteiger partial charge in [0.25, 0.3) is 0 Å². The highest BCUT2D eigenvalue weighted by atomic mass is 32.2. The number of thioether (sulfide) groups is 1. The first-order chi connectivity index (χ1) is 7.42. The normalized spacial score (nSPS) is 17.0. The van der Waals surface area contributed by atoms with Gasteiger partial charge in [-0.2, -0.15) is 8.75 Å². The third-order valence-electron chi connectivity index (χ3n) is 2.30. The van der Waals surface area contributed by atoms with Crippen molar-refractivity contribution in [2.45, 2.75) is 18.4 Å². The van der Waals surface area contributed by atoms with Gasteiger partial charge in [-0.1, -0.05) is 6.92 Å². The Kier molecular flexibility index (Phi) is 4.22. The summed E-state index contributed by atoms with van der Waals surface area (Å²) in [5, 5.41) is 4.46. The molecular formula is C9H16N4S2. The van der Waals surface area contributed by atoms with Crippen LogP contribution in [-0.4, -0.2) is 40.7 Å². The molecule has 84 valence electrons. The van der Waals surface area contributed by atoms with Crippen molar-refractivity contribution in [2.24, 2.45) is 0 Å². The van der Waals surface area contributed by atoms with Crippen LogP contribution in [0.5, 0.6) is 0 Å². The van der Waals surface area contributed by atoms with E-state index in [9.17, 15) is 0 Å². The molecule has 15 heavy (non-hydrogen) atoms. The number of hydrogen-bond acceptors (Lipinski definition) is 6. The second-order valence-corrected chi connectivity index (χ2v) is 5.09. The summed E-state index contributed by atoms with van der Waals surface area (Å²) < 4.78 is 8.76. The van der Waals surface area contributed by atoms with E-state index in [1.165, 1.54) is 18.1 Å². The third kappa shape index (κ3) is 2.83. The van der Waals surface area contributed by atoms with Crippen LogP contribution < -0.4 is 10.2 Å². The van der Waals surface area contributed by atoms with Crippen LogP contribution in [0.2, 0.25) is 0 Å². The van der Waals surface area contributed by atoms with E-state index in [1.807, 2.05) is 11.8 Å². The fraction of sp³-hybridized carbons (Fsp3) is 0.778. The van der Waals surface area contributed by atoms with Crippen LogP contribution in [0.4, 0.5) is 5.82 Å². The highest BCUT2D eigenvalue weighted by Gasteiger charge is 2.17. The monoisotopic (exact) mass is 244 g/mol. The predicted molar refractivity (Wildman–Crippen MR) is 66.0 cm³/mol. The summed E-state index contributed by atoms with van der Waals surface area (Å²) in [4.78, 5) is 2.33. The number of nitrogens with zero attached hydrogens (tertiary/aromatic N) is 3. The number of anilines is 1. The van der Waals surface area contributed by atoms with E-state index >= 15 is 0 Å². The molecule has 2 heterocycles. The molecule has 4 nitrogen and oxygen atoms in total. The van der Waals surface area contributed by atoms with Gasteiger partial charge in [0.1, 0.15) is 0 Å². The van der Waals surface area contributed by atoms with Crippen molar-refractivity contribution < 1.29 is 0 Å². The quantitative estimate of drug-likeness (QED) is 0.812. The maximum Gasteiger partial charge on any atom is 0.176 e. The molecule has 1 saturated heterocycles. The molecular weight excluding hydrogens is 228 g/mol. The van der Waals surface area contributed by atoms with E-state index in [-0.39, 0.29) is 0 Å². The molecule has 0 aliphatic carbocycles. The van der Waals surface area contributed by atoms with Crippen molar-refractivity contribution in [3.63, 3.8) is 0 Å². The lowest BCUT2D eigenvalue weighted by Gasteiger charge is -2.27. The Balaban J connectivity index is 2.02. The minimum Gasteiger partial charge on any atom is -0.351 e. The Hall–Kier alpha value is -0.330. The van der Waals surface area contributed by atoms with Gasteiger partial charge in [0.05, 0.1) is 11.7 Å². The lowest BCUT2D eigenvalue weighted by Crippen LogP contribution is -2.43. The lowest BCUT2D eigenvalue weighted by molar-refractivity contribution is 0.583. The fourth-order valence-corrected chi connectivity index (χ4v) is 3.08. The second-order valence-electron chi connectivity index (χ2n) is 3.48. The summed E-state index contributed by atoms with van der Waals surface area (Å²) >= 11 is 3.15. The number of nitrogens with one attached hydrogen (secondary N) is 1. The molecule has 0 amide bonds. The van der Waals surface area contributed by atoms with E-state index < -0.39 is 0 Å². The van der Waals surface area contributed by atoms with E-state index in [0.717, 1.165) is 42.8 Å². The average molecular weight is 244 g/mol. The molecule has 0 saturated carbocycles. The molecule has 0 spiro atoms. The van der Waals surface area contributed by atoms with E-state index in [4.69, 9.17) is 0 Å². The average Bonchev–Trinajstić information content (AvgIpc) is 2.75. The van der Waals surface area contributed by atoms with E-state index in [2.05, 4.69) is 25.9 Å². The molecule has 0 atom stereocenters. The minimum atomic E-state index is 1.05. The van der Waals surface area contributed by atoms with Crippen molar-refractivity contribution in [3.8, 4) is 0 Å². The molecule has 1 aromatic heterocycles. The number of rotatable bonds is 4. The van der Waals surface area contributed by atoms with Gasteiger partial charge < -0.3 is 10.2 Å². The molecule has 1 aromatic rings. The van der Waals surface area contributed by atoms with Crippen LogP contribution in [0.1, 0.15) is 13.3 Å². The molecule has 1 N–H and O–H groups in total. The first-order valence-corrected chi connectivity index (χ1v) is 7.04. The van der Waals surface area contributed by atoms with Gasteiger partial charge in [0.15, 0.2) is 10.8 Å². The minimum absolute atomic E-state index is 1.05. The highest BCUT2D eigenvalue weighted by molar-refractivity contribution is 7.99. The first kappa shape index (κ1) is 11.2. The van der Waals surface area contributed by atoms with Gasteiger partial charge in [-0.3, -0.25) is 0 Å². The van der Waals surface area contributed by atoms with Crippen molar-refractivity contribution in [3.05, 3.63) is 0 Å². The van der Waals surface area contributed by atoms with Gasteiger partial charge in [0, 0.05) is 26.2 Å². The molecule has 1 aliphatic rings. The summed E-state index contributed by atoms with van der Waals surface area (Å²) in [5.41, 5.74) is 0. The first-order valence-electron chi connectivity index (χ1n) is 5.33. The maximum absolute atomic E-state index is 4.40. The van der Waals surface area contributed by atoms with Gasteiger partial charge in [-0.05, 0) is 12.2 Å². The molecule has 0 radical (unpaired) electrons. The highest BCUT2D eigenvalue weighted by Crippen LogP contribution is 2.28. The number of aromatic nitrogens is 2. The van der Waals surface area contributed by atoms with Crippen LogP contribution in [0, 0.1) is 0 Å². The van der Waals surface area contributed by atoms with Crippen molar-refractivity contribution >= 4 is 29.3 Å². The second kappa shape index (κ2) is 5.67. The largest absolute Gasteiger partial charge is 0.351 e. The molecule has 2 rings (SSSR count). The smallest absolute Gasteiger partial charge is 0.176 e. The molecule has 0 aromatic carbocycles. The topological polar surface area (TPSA) is 41.1 Å². The SMILES string of the molecule is CCCSc1nsnc1N1CCNCC1. The third-order valence-corrected chi connectivity index (χ3v) is 4.10. The van der Waals surface area contributed by atoms with Crippen molar-refractivity contribution in [1.82, 2.24) is 14.1 Å². The zero-order valence-electron chi connectivity index (χ0n) is 8.90.